The first kappa shape index (κ1) is 16.9. The van der Waals surface area contributed by atoms with E-state index in [2.05, 4.69) is 38.4 Å². The van der Waals surface area contributed by atoms with E-state index in [0.29, 0.717) is 6.61 Å². The molecular formula is C16H28N2O2S. The molecule has 1 aromatic heterocycles. The van der Waals surface area contributed by atoms with Crippen molar-refractivity contribution in [1.82, 2.24) is 10.3 Å². The van der Waals surface area contributed by atoms with E-state index in [1.54, 1.807) is 18.4 Å². The molecule has 4 nitrogen and oxygen atoms in total. The summed E-state index contributed by atoms with van der Waals surface area (Å²) in [6, 6.07) is 0. The van der Waals surface area contributed by atoms with Gasteiger partial charge in [-0.05, 0) is 19.8 Å². The van der Waals surface area contributed by atoms with Crippen LogP contribution in [0.4, 0.5) is 0 Å². The number of hydrogen-bond acceptors (Lipinski definition) is 5. The summed E-state index contributed by atoms with van der Waals surface area (Å²) in [4.78, 5) is 4.95. The Labute approximate surface area is 132 Å². The molecule has 0 spiro atoms. The lowest BCUT2D eigenvalue weighted by molar-refractivity contribution is -0.0222. The zero-order chi connectivity index (χ0) is 15.5. The van der Waals surface area contributed by atoms with Crippen LogP contribution in [0, 0.1) is 0 Å². The number of nitrogens with zero attached hydrogens (tertiary/aromatic N) is 1. The monoisotopic (exact) mass is 312 g/mol. The summed E-state index contributed by atoms with van der Waals surface area (Å²) in [5.41, 5.74) is 1.21. The van der Waals surface area contributed by atoms with E-state index < -0.39 is 0 Å². The van der Waals surface area contributed by atoms with E-state index in [1.807, 2.05) is 0 Å². The average molecular weight is 312 g/mol. The molecule has 1 aliphatic rings. The van der Waals surface area contributed by atoms with E-state index >= 15 is 0 Å². The lowest BCUT2D eigenvalue weighted by atomic mass is 9.87. The first-order valence-corrected chi connectivity index (χ1v) is 8.57. The zero-order valence-electron chi connectivity index (χ0n) is 13.9. The number of rotatable bonds is 5. The molecule has 1 aromatic rings. The molecule has 21 heavy (non-hydrogen) atoms. The molecule has 0 bridgehead atoms. The van der Waals surface area contributed by atoms with Gasteiger partial charge in [0.25, 0.3) is 0 Å². The molecule has 2 rings (SSSR count). The number of nitrogens with one attached hydrogen (secondary N) is 1. The van der Waals surface area contributed by atoms with Crippen molar-refractivity contribution in [1.29, 1.82) is 0 Å². The van der Waals surface area contributed by atoms with Crippen LogP contribution in [0.3, 0.4) is 0 Å². The number of methoxy groups -OCH3 is 1. The predicted octanol–water partition coefficient (Wildman–Crippen LogP) is 3.07. The smallest absolute Gasteiger partial charge is 0.113 e. The van der Waals surface area contributed by atoms with Gasteiger partial charge in [0.15, 0.2) is 0 Å². The van der Waals surface area contributed by atoms with Gasteiger partial charge in [-0.2, -0.15) is 0 Å². The van der Waals surface area contributed by atoms with E-state index in [4.69, 9.17) is 14.5 Å². The van der Waals surface area contributed by atoms with Crippen molar-refractivity contribution in [3.8, 4) is 0 Å². The Kier molecular flexibility index (Phi) is 5.41. The quantitative estimate of drug-likeness (QED) is 0.849. The van der Waals surface area contributed by atoms with Gasteiger partial charge in [0.2, 0.25) is 0 Å². The molecule has 2 unspecified atom stereocenters. The van der Waals surface area contributed by atoms with Crippen LogP contribution < -0.4 is 5.32 Å². The van der Waals surface area contributed by atoms with E-state index in [-0.39, 0.29) is 17.1 Å². The highest BCUT2D eigenvalue weighted by atomic mass is 32.1. The third-order valence-electron chi connectivity index (χ3n) is 4.02. The van der Waals surface area contributed by atoms with Crippen molar-refractivity contribution in [2.24, 2.45) is 0 Å². The fourth-order valence-corrected chi connectivity index (χ4v) is 4.01. The zero-order valence-corrected chi connectivity index (χ0v) is 14.7. The standard InChI is InChI=1S/C16H28N2O2S/c1-12-10-16(6-8-20-12,17-7-9-19-5)14-18-13(11-21-14)15(2,3)4/h11-12,17H,6-10H2,1-5H3. The van der Waals surface area contributed by atoms with Crippen LogP contribution in [-0.4, -0.2) is 38.0 Å². The Hall–Kier alpha value is -0.490. The molecule has 1 N–H and O–H groups in total. The normalized spacial score (nSPS) is 27.0. The molecule has 2 heterocycles. The Morgan fingerprint density at radius 1 is 1.52 bits per heavy atom. The molecule has 0 aromatic carbocycles. The molecule has 0 amide bonds. The van der Waals surface area contributed by atoms with Crippen LogP contribution in [0.2, 0.25) is 0 Å². The van der Waals surface area contributed by atoms with Crippen LogP contribution in [-0.2, 0) is 20.4 Å². The van der Waals surface area contributed by atoms with E-state index in [0.717, 1.165) is 26.0 Å². The Morgan fingerprint density at radius 2 is 2.29 bits per heavy atom. The van der Waals surface area contributed by atoms with Gasteiger partial charge in [-0.15, -0.1) is 11.3 Å². The van der Waals surface area contributed by atoms with Crippen molar-refractivity contribution >= 4 is 11.3 Å². The van der Waals surface area contributed by atoms with E-state index in [1.165, 1.54) is 10.7 Å². The average Bonchev–Trinajstić information content (AvgIpc) is 2.89. The maximum Gasteiger partial charge on any atom is 0.113 e. The van der Waals surface area contributed by atoms with Crippen molar-refractivity contribution in [2.45, 2.75) is 57.6 Å². The summed E-state index contributed by atoms with van der Waals surface area (Å²) >= 11 is 1.77. The maximum atomic E-state index is 5.74. The molecule has 0 radical (unpaired) electrons. The summed E-state index contributed by atoms with van der Waals surface area (Å²) in [7, 11) is 1.74. The second-order valence-corrected chi connectivity index (χ2v) is 7.78. The minimum Gasteiger partial charge on any atom is -0.383 e. The third kappa shape index (κ3) is 4.03. The van der Waals surface area contributed by atoms with Crippen molar-refractivity contribution in [2.75, 3.05) is 26.9 Å². The topological polar surface area (TPSA) is 43.4 Å². The van der Waals surface area contributed by atoms with Gasteiger partial charge in [-0.1, -0.05) is 20.8 Å². The van der Waals surface area contributed by atoms with Crippen LogP contribution in [0.1, 0.15) is 51.2 Å². The Bertz CT molecular complexity index is 455. The Balaban J connectivity index is 2.24. The van der Waals surface area contributed by atoms with Crippen molar-refractivity contribution in [3.05, 3.63) is 16.1 Å². The molecular weight excluding hydrogens is 284 g/mol. The molecule has 1 aliphatic heterocycles. The predicted molar refractivity (Wildman–Crippen MR) is 87.0 cm³/mol. The van der Waals surface area contributed by atoms with Crippen LogP contribution in [0.15, 0.2) is 5.38 Å². The second-order valence-electron chi connectivity index (χ2n) is 6.93. The molecule has 120 valence electrons. The maximum absolute atomic E-state index is 5.74. The highest BCUT2D eigenvalue weighted by Gasteiger charge is 2.39. The fraction of sp³-hybridized carbons (Fsp3) is 0.812. The van der Waals surface area contributed by atoms with Gasteiger partial charge < -0.3 is 14.8 Å². The highest BCUT2D eigenvalue weighted by molar-refractivity contribution is 7.09. The summed E-state index contributed by atoms with van der Waals surface area (Å²) in [6.07, 6.45) is 2.20. The van der Waals surface area contributed by atoms with E-state index in [9.17, 15) is 0 Å². The largest absolute Gasteiger partial charge is 0.383 e. The van der Waals surface area contributed by atoms with Gasteiger partial charge in [0.05, 0.1) is 23.9 Å². The van der Waals surface area contributed by atoms with Gasteiger partial charge in [-0.25, -0.2) is 4.98 Å². The lowest BCUT2D eigenvalue weighted by Crippen LogP contribution is -2.49. The van der Waals surface area contributed by atoms with Gasteiger partial charge in [0.1, 0.15) is 5.01 Å². The lowest BCUT2D eigenvalue weighted by Gasteiger charge is -2.39. The molecule has 1 saturated heterocycles. The first-order valence-electron chi connectivity index (χ1n) is 7.69. The number of aromatic nitrogens is 1. The van der Waals surface area contributed by atoms with Gasteiger partial charge in [0, 0.05) is 31.1 Å². The van der Waals surface area contributed by atoms with Crippen LogP contribution in [0.25, 0.3) is 0 Å². The fourth-order valence-electron chi connectivity index (χ4n) is 2.75. The molecule has 0 saturated carbocycles. The number of thiazole rings is 1. The van der Waals surface area contributed by atoms with Crippen LogP contribution in [0.5, 0.6) is 0 Å². The van der Waals surface area contributed by atoms with Gasteiger partial charge >= 0.3 is 0 Å². The summed E-state index contributed by atoms with van der Waals surface area (Å²) in [5.74, 6) is 0. The third-order valence-corrected chi connectivity index (χ3v) is 5.07. The summed E-state index contributed by atoms with van der Waals surface area (Å²) < 4.78 is 10.9. The highest BCUT2D eigenvalue weighted by Crippen LogP contribution is 2.38. The van der Waals surface area contributed by atoms with Crippen molar-refractivity contribution in [3.63, 3.8) is 0 Å². The van der Waals surface area contributed by atoms with Crippen molar-refractivity contribution < 1.29 is 9.47 Å². The minimum absolute atomic E-state index is 0.0651. The number of hydrogen-bond donors (Lipinski definition) is 1. The van der Waals surface area contributed by atoms with Gasteiger partial charge in [-0.3, -0.25) is 0 Å². The summed E-state index contributed by atoms with van der Waals surface area (Å²) in [6.45, 7) is 11.1. The first-order chi connectivity index (χ1) is 9.87. The minimum atomic E-state index is -0.0651. The molecule has 1 fully saturated rings. The van der Waals surface area contributed by atoms with Crippen LogP contribution >= 0.6 is 11.3 Å². The number of ether oxygens (including phenoxy) is 2. The second kappa shape index (κ2) is 6.73. The summed E-state index contributed by atoms with van der Waals surface area (Å²) in [5, 5.41) is 7.09. The molecule has 5 heteroatoms. The SMILES string of the molecule is COCCNC1(c2nc(C(C)(C)C)cs2)CCOC(C)C1. The molecule has 2 atom stereocenters. The molecule has 0 aliphatic carbocycles. The Morgan fingerprint density at radius 3 is 2.86 bits per heavy atom.